The summed E-state index contributed by atoms with van der Waals surface area (Å²) in [5.41, 5.74) is 2.15. The fourth-order valence-corrected chi connectivity index (χ4v) is 2.29. The average Bonchev–Trinajstić information content (AvgIpc) is 2.77. The van der Waals surface area contributed by atoms with Gasteiger partial charge in [0.15, 0.2) is 0 Å². The molecular formula is C12H12ClN3OS. The van der Waals surface area contributed by atoms with Gasteiger partial charge in [0.05, 0.1) is 0 Å². The Morgan fingerprint density at radius 1 is 1.39 bits per heavy atom. The summed E-state index contributed by atoms with van der Waals surface area (Å²) in [5.74, 6) is -0.274. The van der Waals surface area contributed by atoms with E-state index in [4.69, 9.17) is 11.6 Å². The number of nitrogens with zero attached hydrogens (tertiary/aromatic N) is 2. The molecule has 18 heavy (non-hydrogen) atoms. The van der Waals surface area contributed by atoms with E-state index in [0.29, 0.717) is 5.13 Å². The normalized spacial score (nSPS) is 12.2. The van der Waals surface area contributed by atoms with E-state index in [1.807, 2.05) is 31.2 Å². The number of alkyl halides is 1. The molecule has 2 rings (SSSR count). The molecule has 1 amide bonds. The van der Waals surface area contributed by atoms with Gasteiger partial charge < -0.3 is 0 Å². The lowest BCUT2D eigenvalue weighted by Gasteiger charge is -2.01. The minimum absolute atomic E-state index is 0.274. The summed E-state index contributed by atoms with van der Waals surface area (Å²) in [6, 6.07) is 7.90. The van der Waals surface area contributed by atoms with Crippen molar-refractivity contribution in [3.8, 4) is 10.6 Å². The fourth-order valence-electron chi connectivity index (χ4n) is 1.40. The van der Waals surface area contributed by atoms with E-state index in [-0.39, 0.29) is 5.91 Å². The van der Waals surface area contributed by atoms with E-state index in [1.165, 1.54) is 11.3 Å². The number of amides is 1. The summed E-state index contributed by atoms with van der Waals surface area (Å²) in [6.45, 7) is 3.62. The molecule has 0 fully saturated rings. The van der Waals surface area contributed by atoms with E-state index in [9.17, 15) is 4.79 Å². The van der Waals surface area contributed by atoms with Crippen LogP contribution in [0.25, 0.3) is 10.6 Å². The quantitative estimate of drug-likeness (QED) is 0.880. The van der Waals surface area contributed by atoms with Gasteiger partial charge in [-0.05, 0) is 19.4 Å². The van der Waals surface area contributed by atoms with Gasteiger partial charge in [-0.1, -0.05) is 35.6 Å². The number of carbonyl (C=O) groups excluding carboxylic acids is 1. The fraction of sp³-hybridized carbons (Fsp3) is 0.250. The van der Waals surface area contributed by atoms with Crippen LogP contribution in [0.4, 0.5) is 5.13 Å². The highest BCUT2D eigenvalue weighted by atomic mass is 35.5. The molecule has 1 aromatic carbocycles. The zero-order valence-corrected chi connectivity index (χ0v) is 11.5. The van der Waals surface area contributed by atoms with Gasteiger partial charge >= 0.3 is 0 Å². The number of rotatable bonds is 3. The van der Waals surface area contributed by atoms with Crippen LogP contribution in [-0.2, 0) is 4.79 Å². The number of anilines is 1. The Hall–Kier alpha value is -1.46. The van der Waals surface area contributed by atoms with E-state index in [0.717, 1.165) is 16.1 Å². The molecule has 94 valence electrons. The van der Waals surface area contributed by atoms with Crippen molar-refractivity contribution in [2.45, 2.75) is 19.2 Å². The van der Waals surface area contributed by atoms with Crippen LogP contribution in [0.1, 0.15) is 12.5 Å². The second-order valence-corrected chi connectivity index (χ2v) is 5.46. The standard InChI is InChI=1S/C12H12ClN3OS/c1-7-5-3-4-6-9(7)11-15-16-12(18-11)14-10(17)8(2)13/h3-6,8H,1-2H3,(H,14,16,17)/t8-/m1/s1. The molecule has 0 bridgehead atoms. The Bertz CT molecular complexity index is 568. The van der Waals surface area contributed by atoms with Crippen LogP contribution >= 0.6 is 22.9 Å². The van der Waals surface area contributed by atoms with Crippen molar-refractivity contribution in [2.24, 2.45) is 0 Å². The summed E-state index contributed by atoms with van der Waals surface area (Å²) in [7, 11) is 0. The second-order valence-electron chi connectivity index (χ2n) is 3.83. The second kappa shape index (κ2) is 5.46. The molecule has 1 atom stereocenters. The van der Waals surface area contributed by atoms with Gasteiger partial charge in [-0.2, -0.15) is 0 Å². The summed E-state index contributed by atoms with van der Waals surface area (Å²) in [6.07, 6.45) is 0. The third-order valence-electron chi connectivity index (χ3n) is 2.39. The summed E-state index contributed by atoms with van der Waals surface area (Å²) in [5, 5.41) is 11.3. The molecule has 0 saturated carbocycles. The average molecular weight is 282 g/mol. The Balaban J connectivity index is 2.21. The monoisotopic (exact) mass is 281 g/mol. The smallest absolute Gasteiger partial charge is 0.243 e. The van der Waals surface area contributed by atoms with E-state index >= 15 is 0 Å². The van der Waals surface area contributed by atoms with Crippen molar-refractivity contribution in [3.05, 3.63) is 29.8 Å². The largest absolute Gasteiger partial charge is 0.299 e. The maximum Gasteiger partial charge on any atom is 0.243 e. The van der Waals surface area contributed by atoms with Crippen molar-refractivity contribution in [1.82, 2.24) is 10.2 Å². The Labute approximate surface area is 114 Å². The minimum Gasteiger partial charge on any atom is -0.299 e. The number of hydrogen-bond acceptors (Lipinski definition) is 4. The predicted molar refractivity (Wildman–Crippen MR) is 74.0 cm³/mol. The van der Waals surface area contributed by atoms with Gasteiger partial charge in [0.1, 0.15) is 10.4 Å². The Morgan fingerprint density at radius 3 is 2.78 bits per heavy atom. The summed E-state index contributed by atoms with van der Waals surface area (Å²) < 4.78 is 0. The molecule has 1 aromatic heterocycles. The van der Waals surface area contributed by atoms with Gasteiger partial charge in [-0.15, -0.1) is 21.8 Å². The molecule has 0 aliphatic heterocycles. The predicted octanol–water partition coefficient (Wildman–Crippen LogP) is 3.08. The van der Waals surface area contributed by atoms with Crippen LogP contribution in [0.3, 0.4) is 0 Å². The Morgan fingerprint density at radius 2 is 2.11 bits per heavy atom. The third kappa shape index (κ3) is 2.86. The van der Waals surface area contributed by atoms with Crippen LogP contribution in [0.15, 0.2) is 24.3 Å². The molecule has 0 saturated heterocycles. The zero-order chi connectivity index (χ0) is 13.1. The van der Waals surface area contributed by atoms with Crippen LogP contribution in [0.5, 0.6) is 0 Å². The highest BCUT2D eigenvalue weighted by Gasteiger charge is 2.13. The Kier molecular flexibility index (Phi) is 3.93. The lowest BCUT2D eigenvalue weighted by Crippen LogP contribution is -2.20. The number of halogens is 1. The molecule has 1 N–H and O–H groups in total. The number of benzene rings is 1. The summed E-state index contributed by atoms with van der Waals surface area (Å²) in [4.78, 5) is 11.4. The van der Waals surface area contributed by atoms with Crippen molar-refractivity contribution >= 4 is 34.0 Å². The molecule has 0 unspecified atom stereocenters. The van der Waals surface area contributed by atoms with Crippen molar-refractivity contribution in [3.63, 3.8) is 0 Å². The van der Waals surface area contributed by atoms with E-state index in [2.05, 4.69) is 15.5 Å². The third-order valence-corrected chi connectivity index (χ3v) is 3.46. The molecule has 4 nitrogen and oxygen atoms in total. The van der Waals surface area contributed by atoms with E-state index in [1.54, 1.807) is 6.92 Å². The first-order chi connectivity index (χ1) is 8.58. The summed E-state index contributed by atoms with van der Waals surface area (Å²) >= 11 is 7.00. The highest BCUT2D eigenvalue weighted by Crippen LogP contribution is 2.28. The molecule has 2 aromatic rings. The van der Waals surface area contributed by atoms with Crippen LogP contribution in [0, 0.1) is 6.92 Å². The molecule has 6 heteroatoms. The lowest BCUT2D eigenvalue weighted by molar-refractivity contribution is -0.115. The van der Waals surface area contributed by atoms with Gasteiger partial charge in [-0.3, -0.25) is 10.1 Å². The van der Waals surface area contributed by atoms with Crippen LogP contribution in [0.2, 0.25) is 0 Å². The van der Waals surface area contributed by atoms with Crippen molar-refractivity contribution in [1.29, 1.82) is 0 Å². The first kappa shape index (κ1) is 13.0. The minimum atomic E-state index is -0.587. The number of aromatic nitrogens is 2. The zero-order valence-electron chi connectivity index (χ0n) is 9.98. The SMILES string of the molecule is Cc1ccccc1-c1nnc(NC(=O)[C@@H](C)Cl)s1. The first-order valence-corrected chi connectivity index (χ1v) is 6.67. The number of aryl methyl sites for hydroxylation is 1. The van der Waals surface area contributed by atoms with Crippen molar-refractivity contribution < 1.29 is 4.79 Å². The number of nitrogens with one attached hydrogen (secondary N) is 1. The maximum atomic E-state index is 11.4. The van der Waals surface area contributed by atoms with Gasteiger partial charge in [0, 0.05) is 5.56 Å². The molecule has 0 aliphatic rings. The lowest BCUT2D eigenvalue weighted by atomic mass is 10.1. The number of carbonyl (C=O) groups is 1. The maximum absolute atomic E-state index is 11.4. The molecule has 0 radical (unpaired) electrons. The van der Waals surface area contributed by atoms with Gasteiger partial charge in [-0.25, -0.2) is 0 Å². The van der Waals surface area contributed by atoms with Crippen LogP contribution < -0.4 is 5.32 Å². The van der Waals surface area contributed by atoms with E-state index < -0.39 is 5.38 Å². The van der Waals surface area contributed by atoms with Crippen LogP contribution in [-0.4, -0.2) is 21.5 Å². The van der Waals surface area contributed by atoms with Gasteiger partial charge in [0.25, 0.3) is 0 Å². The molecule has 0 spiro atoms. The molecule has 1 heterocycles. The topological polar surface area (TPSA) is 54.9 Å². The number of hydrogen-bond donors (Lipinski definition) is 1. The van der Waals surface area contributed by atoms with Crippen molar-refractivity contribution in [2.75, 3.05) is 5.32 Å². The van der Waals surface area contributed by atoms with Gasteiger partial charge in [0.2, 0.25) is 11.0 Å². The molecule has 0 aliphatic carbocycles. The molecular weight excluding hydrogens is 270 g/mol. The first-order valence-electron chi connectivity index (χ1n) is 5.42. The highest BCUT2D eigenvalue weighted by molar-refractivity contribution is 7.18.